The number of pyridine rings is 1. The molecule has 2 N–H and O–H groups in total. The number of piperidine rings is 1. The summed E-state index contributed by atoms with van der Waals surface area (Å²) in [4.78, 5) is 17.6. The van der Waals surface area contributed by atoms with Gasteiger partial charge in [-0.1, -0.05) is 18.8 Å². The summed E-state index contributed by atoms with van der Waals surface area (Å²) >= 11 is 0. The molecule has 240 valence electrons. The van der Waals surface area contributed by atoms with Crippen LogP contribution in [0.1, 0.15) is 43.7 Å². The van der Waals surface area contributed by atoms with Crippen molar-refractivity contribution in [2.45, 2.75) is 44.2 Å². The molecule has 1 aliphatic carbocycles. The third-order valence-electron chi connectivity index (χ3n) is 8.48. The Kier molecular flexibility index (Phi) is 8.35. The van der Waals surface area contributed by atoms with Gasteiger partial charge in [0, 0.05) is 70.5 Å². The number of rotatable bonds is 7. The van der Waals surface area contributed by atoms with Crippen molar-refractivity contribution in [1.82, 2.24) is 29.0 Å². The Labute approximate surface area is 259 Å². The van der Waals surface area contributed by atoms with Crippen molar-refractivity contribution < 1.29 is 26.7 Å². The van der Waals surface area contributed by atoms with Crippen LogP contribution in [0.4, 0.5) is 36.4 Å². The van der Waals surface area contributed by atoms with Crippen LogP contribution < -0.4 is 15.1 Å². The molecule has 0 spiro atoms. The molecule has 0 atom stereocenters. The van der Waals surface area contributed by atoms with Crippen LogP contribution in [0.15, 0.2) is 36.9 Å². The van der Waals surface area contributed by atoms with Crippen LogP contribution in [0.2, 0.25) is 0 Å². The SMILES string of the molecule is CC1(CO)CCN(c2cc(Nc3ccnc(N4CCN(S(=O)(=O)C5CC5)CC4)n3)ncc2C#Cc2cnn(C(F)(F)F)c2)CC1. The topological polar surface area (TPSA) is 133 Å². The Morgan fingerprint density at radius 1 is 1.02 bits per heavy atom. The van der Waals surface area contributed by atoms with E-state index in [0.717, 1.165) is 43.8 Å². The highest BCUT2D eigenvalue weighted by atomic mass is 32.2. The number of hydrogen-bond donors (Lipinski definition) is 2. The van der Waals surface area contributed by atoms with E-state index < -0.39 is 16.3 Å². The molecule has 16 heteroatoms. The van der Waals surface area contributed by atoms with E-state index >= 15 is 0 Å². The fraction of sp³-hybridized carbons (Fsp3) is 0.517. The van der Waals surface area contributed by atoms with Gasteiger partial charge in [-0.3, -0.25) is 0 Å². The summed E-state index contributed by atoms with van der Waals surface area (Å²) in [5.74, 6) is 7.19. The normalized spacial score (nSPS) is 19.2. The van der Waals surface area contributed by atoms with Crippen LogP contribution in [0.3, 0.4) is 0 Å². The van der Waals surface area contributed by atoms with Crippen molar-refractivity contribution in [3.05, 3.63) is 48.0 Å². The number of aliphatic hydroxyl groups is 1. The number of sulfonamides is 1. The lowest BCUT2D eigenvalue weighted by atomic mass is 9.81. The predicted molar refractivity (Wildman–Crippen MR) is 161 cm³/mol. The average molecular weight is 646 g/mol. The zero-order chi connectivity index (χ0) is 31.8. The number of nitrogens with zero attached hydrogens (tertiary/aromatic N) is 8. The maximum absolute atomic E-state index is 13.0. The highest BCUT2D eigenvalue weighted by Gasteiger charge is 2.41. The highest BCUT2D eigenvalue weighted by Crippen LogP contribution is 2.35. The molecule has 3 aliphatic rings. The average Bonchev–Trinajstić information content (AvgIpc) is 3.79. The number of nitrogens with one attached hydrogen (secondary N) is 1. The number of aromatic nitrogens is 5. The van der Waals surface area contributed by atoms with Crippen LogP contribution in [0.5, 0.6) is 0 Å². The number of halogens is 3. The number of hydrogen-bond acceptors (Lipinski definition) is 10. The van der Waals surface area contributed by atoms with E-state index in [0.29, 0.717) is 62.4 Å². The first-order valence-corrected chi connectivity index (χ1v) is 16.3. The van der Waals surface area contributed by atoms with Gasteiger partial charge in [-0.15, -0.1) is 13.2 Å². The van der Waals surface area contributed by atoms with E-state index in [1.165, 1.54) is 0 Å². The lowest BCUT2D eigenvalue weighted by Gasteiger charge is -2.39. The molecule has 5 heterocycles. The molecule has 3 fully saturated rings. The first kappa shape index (κ1) is 31.1. The fourth-order valence-corrected chi connectivity index (χ4v) is 7.23. The highest BCUT2D eigenvalue weighted by molar-refractivity contribution is 7.90. The molecule has 0 aromatic carbocycles. The largest absolute Gasteiger partial charge is 0.504 e. The standard InChI is InChI=1S/C29H34F3N9O3S/c1-28(20-42)7-10-38(11-8-28)24-16-26(34-18-22(24)3-2-21-17-35-41(19-21)29(30,31)32)36-25-6-9-33-27(37-25)39-12-14-40(15-13-39)45(43,44)23-4-5-23/h6,9,16-19,23,42H,4-5,7-8,10-15,20H2,1H3,(H,33,34,36,37). The molecular formula is C29H34F3N9O3S. The number of anilines is 4. The van der Waals surface area contributed by atoms with Crippen molar-refractivity contribution in [3.63, 3.8) is 0 Å². The maximum Gasteiger partial charge on any atom is 0.504 e. The van der Waals surface area contributed by atoms with Crippen LogP contribution in [0.25, 0.3) is 0 Å². The summed E-state index contributed by atoms with van der Waals surface area (Å²) < 4.78 is 65.6. The van der Waals surface area contributed by atoms with Crippen LogP contribution in [-0.4, -0.2) is 93.7 Å². The second-order valence-electron chi connectivity index (χ2n) is 11.9. The van der Waals surface area contributed by atoms with Gasteiger partial charge in [0.2, 0.25) is 16.0 Å². The molecule has 0 bridgehead atoms. The smallest absolute Gasteiger partial charge is 0.396 e. The molecule has 3 aromatic rings. The molecule has 45 heavy (non-hydrogen) atoms. The van der Waals surface area contributed by atoms with Crippen molar-refractivity contribution in [2.75, 3.05) is 61.0 Å². The zero-order valence-electron chi connectivity index (χ0n) is 24.7. The van der Waals surface area contributed by atoms with E-state index in [1.807, 2.05) is 17.9 Å². The van der Waals surface area contributed by atoms with Gasteiger partial charge in [-0.05, 0) is 37.2 Å². The Balaban J connectivity index is 1.20. The van der Waals surface area contributed by atoms with Crippen LogP contribution in [-0.2, 0) is 16.3 Å². The third kappa shape index (κ3) is 7.00. The molecule has 6 rings (SSSR count). The summed E-state index contributed by atoms with van der Waals surface area (Å²) in [5.41, 5.74) is 1.22. The summed E-state index contributed by atoms with van der Waals surface area (Å²) in [6, 6.07) is 3.53. The minimum Gasteiger partial charge on any atom is -0.396 e. The molecule has 0 amide bonds. The van der Waals surface area contributed by atoms with Gasteiger partial charge in [0.1, 0.15) is 11.6 Å². The minimum absolute atomic E-state index is 0.0846. The van der Waals surface area contributed by atoms with Crippen molar-refractivity contribution in [2.24, 2.45) is 5.41 Å². The van der Waals surface area contributed by atoms with Crippen molar-refractivity contribution in [1.29, 1.82) is 0 Å². The summed E-state index contributed by atoms with van der Waals surface area (Å²) in [5, 5.41) is 16.2. The van der Waals surface area contributed by atoms with Gasteiger partial charge in [0.15, 0.2) is 0 Å². The molecule has 3 aromatic heterocycles. The van der Waals surface area contributed by atoms with E-state index in [-0.39, 0.29) is 27.5 Å². The molecule has 0 unspecified atom stereocenters. The van der Waals surface area contributed by atoms with Gasteiger partial charge >= 0.3 is 6.30 Å². The Morgan fingerprint density at radius 3 is 2.40 bits per heavy atom. The molecular weight excluding hydrogens is 611 g/mol. The van der Waals surface area contributed by atoms with E-state index in [9.17, 15) is 26.7 Å². The molecule has 0 radical (unpaired) electrons. The van der Waals surface area contributed by atoms with Crippen molar-refractivity contribution in [3.8, 4) is 11.8 Å². The Hall–Kier alpha value is -3.94. The number of alkyl halides is 3. The predicted octanol–water partition coefficient (Wildman–Crippen LogP) is 2.90. The minimum atomic E-state index is -4.63. The second-order valence-corrected chi connectivity index (χ2v) is 14.1. The molecule has 12 nitrogen and oxygen atoms in total. The number of aliphatic hydroxyl groups excluding tert-OH is 1. The lowest BCUT2D eigenvalue weighted by molar-refractivity contribution is -0.212. The summed E-state index contributed by atoms with van der Waals surface area (Å²) in [6.07, 6.45) is 3.44. The van der Waals surface area contributed by atoms with Gasteiger partial charge in [0.25, 0.3) is 0 Å². The van der Waals surface area contributed by atoms with Gasteiger partial charge in [-0.2, -0.15) is 19.1 Å². The first-order valence-electron chi connectivity index (χ1n) is 14.8. The summed E-state index contributed by atoms with van der Waals surface area (Å²) in [6.45, 7) is 5.17. The van der Waals surface area contributed by atoms with Crippen molar-refractivity contribution >= 4 is 33.3 Å². The fourth-order valence-electron chi connectivity index (χ4n) is 5.40. The van der Waals surface area contributed by atoms with Gasteiger partial charge in [0.05, 0.1) is 28.3 Å². The molecule has 2 aliphatic heterocycles. The number of piperazine rings is 1. The Bertz CT molecular complexity index is 1700. The lowest BCUT2D eigenvalue weighted by Crippen LogP contribution is -2.50. The quantitative estimate of drug-likeness (QED) is 0.370. The van der Waals surface area contributed by atoms with Crippen LogP contribution >= 0.6 is 0 Å². The maximum atomic E-state index is 13.0. The zero-order valence-corrected chi connectivity index (χ0v) is 25.5. The van der Waals surface area contributed by atoms with E-state index in [1.54, 1.807) is 22.8 Å². The van der Waals surface area contributed by atoms with E-state index in [4.69, 9.17) is 0 Å². The monoisotopic (exact) mass is 645 g/mol. The first-order chi connectivity index (χ1) is 21.4. The Morgan fingerprint density at radius 2 is 1.76 bits per heavy atom. The van der Waals surface area contributed by atoms with Gasteiger partial charge in [-0.25, -0.2) is 18.4 Å². The second kappa shape index (κ2) is 12.1. The van der Waals surface area contributed by atoms with Crippen LogP contribution in [0, 0.1) is 17.3 Å². The van der Waals surface area contributed by atoms with Gasteiger partial charge < -0.3 is 20.2 Å². The molecule has 1 saturated carbocycles. The summed E-state index contributed by atoms with van der Waals surface area (Å²) in [7, 11) is -3.22. The third-order valence-corrected chi connectivity index (χ3v) is 10.9. The van der Waals surface area contributed by atoms with E-state index in [2.05, 4.69) is 42.1 Å². The molecule has 2 saturated heterocycles.